The molecule has 5 heteroatoms. The van der Waals surface area contributed by atoms with Crippen LogP contribution in [0.1, 0.15) is 42.4 Å². The van der Waals surface area contributed by atoms with Gasteiger partial charge in [-0.25, -0.2) is 0 Å². The largest absolute Gasteiger partial charge is 0.310 e. The van der Waals surface area contributed by atoms with E-state index in [0.717, 1.165) is 25.8 Å². The molecule has 2 aromatic heterocycles. The number of aryl methyl sites for hydroxylation is 2. The van der Waals surface area contributed by atoms with Crippen LogP contribution in [0.2, 0.25) is 0 Å². The summed E-state index contributed by atoms with van der Waals surface area (Å²) >= 11 is 5.45. The molecule has 2 rings (SSSR count). The fourth-order valence-corrected chi connectivity index (χ4v) is 3.95. The third-order valence-corrected chi connectivity index (χ3v) is 5.32. The van der Waals surface area contributed by atoms with Gasteiger partial charge in [-0.05, 0) is 46.8 Å². The molecule has 1 unspecified atom stereocenters. The van der Waals surface area contributed by atoms with Crippen LogP contribution >= 0.6 is 27.3 Å². The highest BCUT2D eigenvalue weighted by Crippen LogP contribution is 2.29. The molecule has 2 aromatic rings. The van der Waals surface area contributed by atoms with Crippen LogP contribution in [0.5, 0.6) is 0 Å². The van der Waals surface area contributed by atoms with E-state index in [1.807, 2.05) is 23.1 Å². The quantitative estimate of drug-likeness (QED) is 0.810. The second-order valence-electron chi connectivity index (χ2n) is 4.96. The summed E-state index contributed by atoms with van der Waals surface area (Å²) in [7, 11) is 2.00. The number of hydrogen-bond acceptors (Lipinski definition) is 3. The summed E-state index contributed by atoms with van der Waals surface area (Å²) in [6.45, 7) is 5.41. The lowest BCUT2D eigenvalue weighted by atomic mass is 10.0. The monoisotopic (exact) mass is 355 g/mol. The van der Waals surface area contributed by atoms with Crippen molar-refractivity contribution in [1.82, 2.24) is 15.1 Å². The van der Waals surface area contributed by atoms with Crippen molar-refractivity contribution < 1.29 is 0 Å². The Balaban J connectivity index is 2.24. The van der Waals surface area contributed by atoms with Crippen molar-refractivity contribution in [1.29, 1.82) is 0 Å². The van der Waals surface area contributed by atoms with Crippen LogP contribution in [-0.4, -0.2) is 16.3 Å². The molecule has 0 aliphatic carbocycles. The van der Waals surface area contributed by atoms with E-state index in [4.69, 9.17) is 0 Å². The Morgan fingerprint density at radius 3 is 2.85 bits per heavy atom. The predicted molar refractivity (Wildman–Crippen MR) is 89.3 cm³/mol. The van der Waals surface area contributed by atoms with Crippen molar-refractivity contribution in [3.63, 3.8) is 0 Å². The number of rotatable bonds is 7. The lowest BCUT2D eigenvalue weighted by Crippen LogP contribution is -2.24. The van der Waals surface area contributed by atoms with Crippen LogP contribution in [0.3, 0.4) is 0 Å². The molecular weight excluding hydrogens is 334 g/mol. The summed E-state index contributed by atoms with van der Waals surface area (Å²) in [6.07, 6.45) is 5.29. The molecule has 2 heterocycles. The van der Waals surface area contributed by atoms with Gasteiger partial charge in [0.05, 0.1) is 5.69 Å². The van der Waals surface area contributed by atoms with Crippen molar-refractivity contribution >= 4 is 27.3 Å². The molecule has 0 spiro atoms. The number of halogens is 1. The molecule has 0 saturated heterocycles. The van der Waals surface area contributed by atoms with Gasteiger partial charge in [-0.2, -0.15) is 5.10 Å². The first kappa shape index (κ1) is 15.7. The number of nitrogens with one attached hydrogen (secondary N) is 1. The number of hydrogen-bond donors (Lipinski definition) is 1. The second-order valence-corrected chi connectivity index (χ2v) is 6.82. The van der Waals surface area contributed by atoms with Crippen LogP contribution in [0.15, 0.2) is 22.1 Å². The lowest BCUT2D eigenvalue weighted by molar-refractivity contribution is 0.528. The second kappa shape index (κ2) is 7.38. The number of thiophene rings is 1. The van der Waals surface area contributed by atoms with Crippen LogP contribution in [0.4, 0.5) is 0 Å². The molecule has 0 bridgehead atoms. The van der Waals surface area contributed by atoms with Crippen LogP contribution in [-0.2, 0) is 19.9 Å². The highest BCUT2D eigenvalue weighted by atomic mass is 79.9. The summed E-state index contributed by atoms with van der Waals surface area (Å²) in [5, 5.41) is 10.4. The Kier molecular flexibility index (Phi) is 5.81. The Morgan fingerprint density at radius 2 is 2.25 bits per heavy atom. The summed E-state index contributed by atoms with van der Waals surface area (Å²) in [4.78, 5) is 1.39. The summed E-state index contributed by atoms with van der Waals surface area (Å²) in [6, 6.07) is 2.47. The molecule has 110 valence electrons. The van der Waals surface area contributed by atoms with Gasteiger partial charge in [0.1, 0.15) is 0 Å². The molecule has 0 aromatic carbocycles. The van der Waals surface area contributed by atoms with Gasteiger partial charge >= 0.3 is 0 Å². The van der Waals surface area contributed by atoms with Crippen molar-refractivity contribution in [2.45, 2.75) is 39.2 Å². The van der Waals surface area contributed by atoms with Crippen LogP contribution in [0, 0.1) is 0 Å². The molecule has 3 nitrogen and oxygen atoms in total. The molecule has 1 atom stereocenters. The van der Waals surface area contributed by atoms with E-state index in [-0.39, 0.29) is 0 Å². The normalized spacial score (nSPS) is 12.8. The van der Waals surface area contributed by atoms with E-state index in [2.05, 4.69) is 57.8 Å². The Labute approximate surface area is 133 Å². The van der Waals surface area contributed by atoms with Crippen molar-refractivity contribution in [2.24, 2.45) is 7.05 Å². The molecule has 0 amide bonds. The standard InChI is InChI=1S/C15H22BrN3S/c1-4-7-17-14(9-15-12(16)6-8-20-15)11-10-19(3)18-13(11)5-2/h6,8,10,14,17H,4-5,7,9H2,1-3H3. The summed E-state index contributed by atoms with van der Waals surface area (Å²) in [5.41, 5.74) is 2.54. The smallest absolute Gasteiger partial charge is 0.0669 e. The van der Waals surface area contributed by atoms with Crippen molar-refractivity contribution in [2.75, 3.05) is 6.54 Å². The average molecular weight is 356 g/mol. The summed E-state index contributed by atoms with van der Waals surface area (Å²) < 4.78 is 3.14. The zero-order valence-electron chi connectivity index (χ0n) is 12.3. The van der Waals surface area contributed by atoms with Gasteiger partial charge in [-0.15, -0.1) is 11.3 Å². The molecule has 1 N–H and O–H groups in total. The molecule has 0 aliphatic heterocycles. The Hall–Kier alpha value is -0.650. The predicted octanol–water partition coefficient (Wildman–Crippen LogP) is 4.09. The first-order chi connectivity index (χ1) is 9.65. The number of nitrogens with zero attached hydrogens (tertiary/aromatic N) is 2. The van der Waals surface area contributed by atoms with E-state index >= 15 is 0 Å². The fourth-order valence-electron chi connectivity index (χ4n) is 2.39. The topological polar surface area (TPSA) is 29.9 Å². The van der Waals surface area contributed by atoms with Gasteiger partial charge in [0, 0.05) is 40.6 Å². The highest BCUT2D eigenvalue weighted by molar-refractivity contribution is 9.10. The zero-order valence-corrected chi connectivity index (χ0v) is 14.7. The van der Waals surface area contributed by atoms with E-state index < -0.39 is 0 Å². The third-order valence-electron chi connectivity index (χ3n) is 3.37. The maximum absolute atomic E-state index is 4.58. The van der Waals surface area contributed by atoms with Crippen LogP contribution < -0.4 is 5.32 Å². The van der Waals surface area contributed by atoms with Crippen LogP contribution in [0.25, 0.3) is 0 Å². The first-order valence-corrected chi connectivity index (χ1v) is 8.80. The van der Waals surface area contributed by atoms with Gasteiger partial charge in [0.25, 0.3) is 0 Å². The Morgan fingerprint density at radius 1 is 1.45 bits per heavy atom. The minimum Gasteiger partial charge on any atom is -0.310 e. The minimum absolute atomic E-state index is 0.341. The number of aromatic nitrogens is 2. The molecular formula is C15H22BrN3S. The summed E-state index contributed by atoms with van der Waals surface area (Å²) in [5.74, 6) is 0. The van der Waals surface area contributed by atoms with Gasteiger partial charge in [0.2, 0.25) is 0 Å². The van der Waals surface area contributed by atoms with Crippen molar-refractivity contribution in [3.05, 3.63) is 38.3 Å². The van der Waals surface area contributed by atoms with E-state index in [9.17, 15) is 0 Å². The zero-order chi connectivity index (χ0) is 14.5. The van der Waals surface area contributed by atoms with Gasteiger partial charge in [0.15, 0.2) is 0 Å². The first-order valence-electron chi connectivity index (χ1n) is 7.13. The molecule has 0 saturated carbocycles. The highest BCUT2D eigenvalue weighted by Gasteiger charge is 2.19. The Bertz CT molecular complexity index is 547. The van der Waals surface area contributed by atoms with E-state index in [0.29, 0.717) is 6.04 Å². The minimum atomic E-state index is 0.341. The van der Waals surface area contributed by atoms with Crippen molar-refractivity contribution in [3.8, 4) is 0 Å². The molecule has 0 radical (unpaired) electrons. The van der Waals surface area contributed by atoms with Gasteiger partial charge in [-0.3, -0.25) is 4.68 Å². The maximum atomic E-state index is 4.58. The third kappa shape index (κ3) is 3.71. The van der Waals surface area contributed by atoms with E-state index in [1.165, 1.54) is 20.6 Å². The molecule has 0 aliphatic rings. The SMILES string of the molecule is CCCNC(Cc1sccc1Br)c1cn(C)nc1CC. The fraction of sp³-hybridized carbons (Fsp3) is 0.533. The molecule has 20 heavy (non-hydrogen) atoms. The maximum Gasteiger partial charge on any atom is 0.0669 e. The van der Waals surface area contributed by atoms with E-state index in [1.54, 1.807) is 0 Å². The molecule has 0 fully saturated rings. The average Bonchev–Trinajstić information content (AvgIpc) is 3.00. The van der Waals surface area contributed by atoms with Gasteiger partial charge in [-0.1, -0.05) is 13.8 Å². The lowest BCUT2D eigenvalue weighted by Gasteiger charge is -2.18. The van der Waals surface area contributed by atoms with Gasteiger partial charge < -0.3 is 5.32 Å².